The predicted molar refractivity (Wildman–Crippen MR) is 194 cm³/mol. The molecule has 1 N–H and O–H groups in total. The van der Waals surface area contributed by atoms with Gasteiger partial charge in [-0.1, -0.05) is 39.6 Å². The van der Waals surface area contributed by atoms with Crippen LogP contribution in [0.25, 0.3) is 0 Å². The standard InChI is InChI=1S/C37H48FN6O2P/c1-6-7-8-32(28-16-21-43(22-17-28)34(45)15-20-37(4,38)47)27(3)41-36(39-5)42-31-12-10-30(11-13-31)35(46)44-23-18-29(19-24-44)33-14-9-26(2)25-40-33/h6-14,16,25,29H,15,17-24,47H2,1-5H3,(H,39,42)/b7-6-,32-8+,41-27+. The first-order valence-electron chi connectivity index (χ1n) is 16.4. The van der Waals surface area contributed by atoms with Gasteiger partial charge < -0.3 is 15.1 Å². The van der Waals surface area contributed by atoms with Crippen molar-refractivity contribution in [1.29, 1.82) is 0 Å². The smallest absolute Gasteiger partial charge is 0.253 e. The van der Waals surface area contributed by atoms with Gasteiger partial charge in [0.15, 0.2) is 0 Å². The molecule has 0 radical (unpaired) electrons. The number of alkyl halides is 1. The molecule has 4 rings (SSSR count). The Morgan fingerprint density at radius 1 is 1.13 bits per heavy atom. The minimum atomic E-state index is -1.44. The van der Waals surface area contributed by atoms with Crippen molar-refractivity contribution >= 4 is 38.4 Å². The van der Waals surface area contributed by atoms with Gasteiger partial charge in [-0.25, -0.2) is 9.38 Å². The number of hydrogen-bond acceptors (Lipinski definition) is 4. The van der Waals surface area contributed by atoms with Gasteiger partial charge in [-0.3, -0.25) is 19.6 Å². The van der Waals surface area contributed by atoms with Crippen molar-refractivity contribution in [3.63, 3.8) is 0 Å². The second kappa shape index (κ2) is 16.7. The molecule has 8 nitrogen and oxygen atoms in total. The molecule has 1 fully saturated rings. The number of anilines is 1. The molecule has 2 aliphatic heterocycles. The van der Waals surface area contributed by atoms with Crippen LogP contribution in [0, 0.1) is 6.92 Å². The summed E-state index contributed by atoms with van der Waals surface area (Å²) in [6, 6.07) is 11.6. The third-order valence-electron chi connectivity index (χ3n) is 8.59. The summed E-state index contributed by atoms with van der Waals surface area (Å²) < 4.78 is 13.9. The summed E-state index contributed by atoms with van der Waals surface area (Å²) in [5.41, 5.74) is 6.56. The number of aryl methyl sites for hydroxylation is 1. The number of allylic oxidation sites excluding steroid dienone is 4. The minimum Gasteiger partial charge on any atom is -0.339 e. The molecule has 0 aliphatic carbocycles. The van der Waals surface area contributed by atoms with Crippen molar-refractivity contribution in [2.45, 2.75) is 71.1 Å². The fourth-order valence-corrected chi connectivity index (χ4v) is 5.91. The summed E-state index contributed by atoms with van der Waals surface area (Å²) in [5, 5.41) is 1.84. The van der Waals surface area contributed by atoms with E-state index in [-0.39, 0.29) is 24.7 Å². The summed E-state index contributed by atoms with van der Waals surface area (Å²) >= 11 is 0. The second-order valence-electron chi connectivity index (χ2n) is 12.5. The Bertz CT molecular complexity index is 1550. The molecule has 250 valence electrons. The van der Waals surface area contributed by atoms with E-state index in [4.69, 9.17) is 4.99 Å². The van der Waals surface area contributed by atoms with Crippen LogP contribution >= 0.6 is 9.24 Å². The van der Waals surface area contributed by atoms with Crippen molar-refractivity contribution < 1.29 is 14.0 Å². The fourth-order valence-electron chi connectivity index (χ4n) is 5.76. The lowest BCUT2D eigenvalue weighted by atomic mass is 9.92. The molecule has 2 aromatic rings. The maximum absolute atomic E-state index is 13.9. The number of carbonyl (C=O) groups excluding carboxylic acids is 2. The second-order valence-corrected chi connectivity index (χ2v) is 13.7. The van der Waals surface area contributed by atoms with E-state index < -0.39 is 5.41 Å². The number of rotatable bonds is 9. The number of nitrogens with zero attached hydrogens (tertiary/aromatic N) is 5. The van der Waals surface area contributed by atoms with Gasteiger partial charge in [0.2, 0.25) is 11.9 Å². The summed E-state index contributed by atoms with van der Waals surface area (Å²) in [7, 11) is 3.84. The van der Waals surface area contributed by atoms with E-state index in [9.17, 15) is 14.0 Å². The van der Waals surface area contributed by atoms with E-state index in [2.05, 4.69) is 42.7 Å². The lowest BCUT2D eigenvalue weighted by Gasteiger charge is -2.32. The topological polar surface area (TPSA) is 90.3 Å². The average molecular weight is 659 g/mol. The molecule has 1 aromatic heterocycles. The number of hydrogen-bond donors (Lipinski definition) is 1. The maximum Gasteiger partial charge on any atom is 0.253 e. The number of carbonyl (C=O) groups is 2. The molecular weight excluding hydrogens is 610 g/mol. The first-order chi connectivity index (χ1) is 22.5. The summed E-state index contributed by atoms with van der Waals surface area (Å²) in [6.45, 7) is 9.89. The zero-order valence-corrected chi connectivity index (χ0v) is 29.5. The lowest BCUT2D eigenvalue weighted by molar-refractivity contribution is -0.131. The lowest BCUT2D eigenvalue weighted by Crippen LogP contribution is -2.38. The van der Waals surface area contributed by atoms with Gasteiger partial charge in [-0.05, 0) is 100 Å². The van der Waals surface area contributed by atoms with Gasteiger partial charge in [-0.15, -0.1) is 0 Å². The zero-order valence-electron chi connectivity index (χ0n) is 28.3. The van der Waals surface area contributed by atoms with Crippen LogP contribution in [0.5, 0.6) is 0 Å². The van der Waals surface area contributed by atoms with Crippen LogP contribution in [0.2, 0.25) is 0 Å². The van der Waals surface area contributed by atoms with Gasteiger partial charge >= 0.3 is 0 Å². The van der Waals surface area contributed by atoms with Crippen molar-refractivity contribution in [1.82, 2.24) is 14.8 Å². The van der Waals surface area contributed by atoms with E-state index in [1.807, 2.05) is 74.4 Å². The molecule has 0 bridgehead atoms. The number of amides is 2. The van der Waals surface area contributed by atoms with E-state index in [1.165, 1.54) is 6.92 Å². The van der Waals surface area contributed by atoms with Gasteiger partial charge in [0.25, 0.3) is 5.91 Å². The average Bonchev–Trinajstić information content (AvgIpc) is 3.07. The van der Waals surface area contributed by atoms with E-state index in [0.717, 1.165) is 46.6 Å². The highest BCUT2D eigenvalue weighted by atomic mass is 31.0. The van der Waals surface area contributed by atoms with E-state index in [0.29, 0.717) is 50.0 Å². The zero-order chi connectivity index (χ0) is 34.0. The van der Waals surface area contributed by atoms with Gasteiger partial charge in [0.05, 0.1) is 0 Å². The van der Waals surface area contributed by atoms with Crippen LogP contribution in [0.1, 0.15) is 80.4 Å². The van der Waals surface area contributed by atoms with Crippen LogP contribution in [-0.4, -0.2) is 76.9 Å². The molecule has 2 unspecified atom stereocenters. The summed E-state index contributed by atoms with van der Waals surface area (Å²) in [6.07, 6.45) is 12.8. The highest BCUT2D eigenvalue weighted by Crippen LogP contribution is 2.29. The highest BCUT2D eigenvalue weighted by Gasteiger charge is 2.26. The van der Waals surface area contributed by atoms with Crippen molar-refractivity contribution in [3.8, 4) is 0 Å². The van der Waals surface area contributed by atoms with Crippen molar-refractivity contribution in [3.05, 3.63) is 94.9 Å². The number of piperidine rings is 1. The van der Waals surface area contributed by atoms with Crippen molar-refractivity contribution in [2.75, 3.05) is 38.5 Å². The van der Waals surface area contributed by atoms with Gasteiger partial charge in [0, 0.05) is 74.4 Å². The Hall–Kier alpha value is -3.97. The number of benzene rings is 1. The minimum absolute atomic E-state index is 0.0337. The number of nitrogens with one attached hydrogen (secondary N) is 1. The molecule has 3 heterocycles. The molecule has 1 saturated heterocycles. The number of pyridine rings is 1. The van der Waals surface area contributed by atoms with Crippen LogP contribution < -0.4 is 5.32 Å². The molecule has 2 amide bonds. The maximum atomic E-state index is 13.9. The number of aliphatic imine (C=N–C) groups is 2. The largest absolute Gasteiger partial charge is 0.339 e. The monoisotopic (exact) mass is 658 g/mol. The van der Waals surface area contributed by atoms with Crippen LogP contribution in [0.15, 0.2) is 88.0 Å². The molecule has 0 saturated carbocycles. The van der Waals surface area contributed by atoms with E-state index >= 15 is 0 Å². The Balaban J connectivity index is 1.36. The molecule has 10 heteroatoms. The molecular formula is C37H48FN6O2P. The quantitative estimate of drug-likeness (QED) is 0.133. The number of aromatic nitrogens is 1. The third kappa shape index (κ3) is 10.5. The van der Waals surface area contributed by atoms with Crippen molar-refractivity contribution in [2.24, 2.45) is 9.98 Å². The number of guanidine groups is 1. The Kier molecular flexibility index (Phi) is 12.8. The molecule has 2 aliphatic rings. The van der Waals surface area contributed by atoms with Crippen LogP contribution in [0.3, 0.4) is 0 Å². The van der Waals surface area contributed by atoms with Crippen LogP contribution in [0.4, 0.5) is 10.1 Å². The number of likely N-dealkylation sites (tertiary alicyclic amines) is 1. The van der Waals surface area contributed by atoms with Crippen LogP contribution in [-0.2, 0) is 4.79 Å². The summed E-state index contributed by atoms with van der Waals surface area (Å²) in [5.74, 6) is 0.831. The predicted octanol–water partition coefficient (Wildman–Crippen LogP) is 7.27. The number of halogens is 1. The first-order valence-corrected chi connectivity index (χ1v) is 16.9. The third-order valence-corrected chi connectivity index (χ3v) is 8.88. The summed E-state index contributed by atoms with van der Waals surface area (Å²) in [4.78, 5) is 43.3. The van der Waals surface area contributed by atoms with Gasteiger partial charge in [0.1, 0.15) is 5.41 Å². The Morgan fingerprint density at radius 2 is 1.85 bits per heavy atom. The molecule has 1 aromatic carbocycles. The SMILES string of the molecule is C\C=C/C=C(C1=CCN(C(=O)CCC(C)(F)P)CC1)\C(C)=N\C(=N/C)Nc1ccc(C(=O)N2CCC(c3ccc(C)cn3)CC2)cc1. The highest BCUT2D eigenvalue weighted by molar-refractivity contribution is 7.18. The van der Waals surface area contributed by atoms with Gasteiger partial charge in [-0.2, -0.15) is 0 Å². The first kappa shape index (κ1) is 35.9. The Labute approximate surface area is 281 Å². The fraction of sp³-hybridized carbons (Fsp3) is 0.432. The Morgan fingerprint density at radius 3 is 2.43 bits per heavy atom. The molecule has 0 spiro atoms. The molecule has 2 atom stereocenters. The molecule has 47 heavy (non-hydrogen) atoms. The normalized spacial score (nSPS) is 18.3. The van der Waals surface area contributed by atoms with E-state index in [1.54, 1.807) is 11.9 Å².